The van der Waals surface area contributed by atoms with Crippen LogP contribution in [0.25, 0.3) is 0 Å². The monoisotopic (exact) mass is 749 g/mol. The van der Waals surface area contributed by atoms with Crippen LogP contribution in [0.4, 0.5) is 0 Å². The molecule has 0 saturated carbocycles. The minimum Gasteiger partial charge on any atom is -0.507 e. The predicted molar refractivity (Wildman–Crippen MR) is 225 cm³/mol. The second-order valence-corrected chi connectivity index (χ2v) is 18.7. The molecule has 0 bridgehead atoms. The number of nitrogens with zero attached hydrogens (tertiary/aromatic N) is 1. The Morgan fingerprint density at radius 3 is 1.44 bits per heavy atom. The molecule has 0 aliphatic rings. The van der Waals surface area contributed by atoms with Crippen LogP contribution in [-0.4, -0.2) is 49.8 Å². The lowest BCUT2D eigenvalue weighted by Crippen LogP contribution is -2.42. The van der Waals surface area contributed by atoms with Crippen LogP contribution in [0.3, 0.4) is 0 Å². The van der Waals surface area contributed by atoms with E-state index >= 15 is 0 Å². The molecule has 0 aromatic heterocycles. The highest BCUT2D eigenvalue weighted by Crippen LogP contribution is 2.49. The SMILES string of the molecule is COC(=O)c1ccc(O)c(C=NC(Cc2ccccc2)C(O)(c2cc(C(C)(C)C)c(OC)c(C(C)(C)C)c2)c2cc(C(C)(C)C)c(OC)c(C(C)(C)C)c2)c1. The van der Waals surface area contributed by atoms with E-state index in [-0.39, 0.29) is 33.0 Å². The van der Waals surface area contributed by atoms with E-state index in [1.165, 1.54) is 19.2 Å². The molecule has 296 valence electrons. The normalized spacial score (nSPS) is 13.5. The van der Waals surface area contributed by atoms with E-state index in [1.807, 2.05) is 30.3 Å². The van der Waals surface area contributed by atoms with Crippen molar-refractivity contribution < 1.29 is 29.2 Å². The third kappa shape index (κ3) is 9.27. The molecule has 7 heteroatoms. The lowest BCUT2D eigenvalue weighted by Gasteiger charge is -2.40. The number of methoxy groups -OCH3 is 3. The van der Waals surface area contributed by atoms with Crippen LogP contribution in [0.15, 0.2) is 77.8 Å². The fourth-order valence-corrected chi connectivity index (χ4v) is 7.14. The third-order valence-electron chi connectivity index (χ3n) is 10.3. The molecule has 4 aromatic rings. The average Bonchev–Trinajstić information content (AvgIpc) is 3.10. The molecular weight excluding hydrogens is 687 g/mol. The van der Waals surface area contributed by atoms with E-state index in [0.29, 0.717) is 23.1 Å². The van der Waals surface area contributed by atoms with Crippen LogP contribution in [0.1, 0.15) is 138 Å². The van der Waals surface area contributed by atoms with Gasteiger partial charge in [0.2, 0.25) is 0 Å². The molecule has 1 atom stereocenters. The molecule has 1 unspecified atom stereocenters. The minimum atomic E-state index is -1.75. The Labute approximate surface area is 329 Å². The molecule has 0 heterocycles. The van der Waals surface area contributed by atoms with Gasteiger partial charge in [0, 0.05) is 34.0 Å². The molecule has 0 radical (unpaired) electrons. The van der Waals surface area contributed by atoms with Crippen molar-refractivity contribution in [1.29, 1.82) is 0 Å². The van der Waals surface area contributed by atoms with Crippen molar-refractivity contribution in [2.24, 2.45) is 4.99 Å². The van der Waals surface area contributed by atoms with Crippen molar-refractivity contribution in [3.8, 4) is 17.2 Å². The van der Waals surface area contributed by atoms with Crippen molar-refractivity contribution in [3.63, 3.8) is 0 Å². The number of hydrogen-bond acceptors (Lipinski definition) is 7. The van der Waals surface area contributed by atoms with Gasteiger partial charge in [-0.15, -0.1) is 0 Å². The van der Waals surface area contributed by atoms with E-state index in [4.69, 9.17) is 19.2 Å². The molecule has 55 heavy (non-hydrogen) atoms. The van der Waals surface area contributed by atoms with Crippen LogP contribution < -0.4 is 9.47 Å². The first-order valence-corrected chi connectivity index (χ1v) is 19.1. The van der Waals surface area contributed by atoms with Gasteiger partial charge < -0.3 is 24.4 Å². The van der Waals surface area contributed by atoms with Gasteiger partial charge in [0.1, 0.15) is 22.8 Å². The van der Waals surface area contributed by atoms with Crippen molar-refractivity contribution in [1.82, 2.24) is 0 Å². The minimum absolute atomic E-state index is 0.0534. The molecule has 4 rings (SSSR count). The van der Waals surface area contributed by atoms with Crippen LogP contribution in [0, 0.1) is 0 Å². The van der Waals surface area contributed by atoms with Crippen molar-refractivity contribution in [2.75, 3.05) is 21.3 Å². The number of carbonyl (C=O) groups excluding carboxylic acids is 1. The molecule has 0 amide bonds. The molecule has 0 aliphatic carbocycles. The summed E-state index contributed by atoms with van der Waals surface area (Å²) in [5.74, 6) is 0.998. The first-order chi connectivity index (χ1) is 25.4. The number of phenols is 1. The second-order valence-electron chi connectivity index (χ2n) is 18.7. The number of aromatic hydroxyl groups is 1. The van der Waals surface area contributed by atoms with Crippen LogP contribution in [-0.2, 0) is 38.4 Å². The summed E-state index contributed by atoms with van der Waals surface area (Å²) in [6, 6.07) is 22.0. The van der Waals surface area contributed by atoms with Crippen LogP contribution in [0.2, 0.25) is 0 Å². The maximum Gasteiger partial charge on any atom is 0.337 e. The van der Waals surface area contributed by atoms with Gasteiger partial charge in [-0.2, -0.15) is 0 Å². The number of ether oxygens (including phenoxy) is 3. The molecule has 0 fully saturated rings. The first-order valence-electron chi connectivity index (χ1n) is 19.1. The summed E-state index contributed by atoms with van der Waals surface area (Å²) >= 11 is 0. The lowest BCUT2D eigenvalue weighted by molar-refractivity contribution is 0.0520. The largest absolute Gasteiger partial charge is 0.507 e. The van der Waals surface area contributed by atoms with Gasteiger partial charge in [0.15, 0.2) is 0 Å². The summed E-state index contributed by atoms with van der Waals surface area (Å²) in [5.41, 5.74) is 3.58. The predicted octanol–water partition coefficient (Wildman–Crippen LogP) is 10.4. The third-order valence-corrected chi connectivity index (χ3v) is 10.3. The zero-order chi connectivity index (χ0) is 41.3. The number of aliphatic hydroxyl groups is 1. The average molecular weight is 750 g/mol. The second kappa shape index (κ2) is 15.9. The Balaban J connectivity index is 2.27. The van der Waals surface area contributed by atoms with Gasteiger partial charge in [0.05, 0.1) is 32.9 Å². The molecule has 0 spiro atoms. The Morgan fingerprint density at radius 1 is 0.655 bits per heavy atom. The van der Waals surface area contributed by atoms with Gasteiger partial charge in [-0.3, -0.25) is 4.99 Å². The standard InChI is InChI=1S/C48H63NO6/c1-44(2,3)35-25-33(26-36(41(35)53-13)45(4,5)6)48(52,34-27-37(46(7,8)9)42(54-14)38(28-34)47(10,11)12)40(23-30-19-17-16-18-20-30)49-29-32-24-31(43(51)55-15)21-22-39(32)50/h16-22,24-29,40,50,52H,23H2,1-15H3. The van der Waals surface area contributed by atoms with E-state index in [0.717, 1.165) is 39.3 Å². The topological polar surface area (TPSA) is 97.6 Å². The number of hydrogen-bond donors (Lipinski definition) is 2. The number of phenolic OH excluding ortho intramolecular Hbond substituents is 1. The van der Waals surface area contributed by atoms with Crippen LogP contribution in [0.5, 0.6) is 17.2 Å². The van der Waals surface area contributed by atoms with E-state index < -0.39 is 17.6 Å². The summed E-state index contributed by atoms with van der Waals surface area (Å²) < 4.78 is 17.3. The maximum absolute atomic E-state index is 14.2. The summed E-state index contributed by atoms with van der Waals surface area (Å²) in [7, 11) is 4.73. The smallest absolute Gasteiger partial charge is 0.337 e. The van der Waals surface area contributed by atoms with Gasteiger partial charge in [-0.1, -0.05) is 113 Å². The Hall–Kier alpha value is -4.62. The molecule has 7 nitrogen and oxygen atoms in total. The first kappa shape index (κ1) is 43.1. The van der Waals surface area contributed by atoms with E-state index in [9.17, 15) is 15.0 Å². The number of benzene rings is 4. The summed E-state index contributed by atoms with van der Waals surface area (Å²) in [6.45, 7) is 25.8. The van der Waals surface area contributed by atoms with Gasteiger partial charge in [0.25, 0.3) is 0 Å². The Bertz CT molecular complexity index is 1860. The molecule has 4 aromatic carbocycles. The number of aliphatic imine (C=N–C) groups is 1. The summed E-state index contributed by atoms with van der Waals surface area (Å²) in [6.07, 6.45) is 1.90. The highest BCUT2D eigenvalue weighted by Gasteiger charge is 2.44. The highest BCUT2D eigenvalue weighted by molar-refractivity contribution is 5.93. The zero-order valence-electron chi connectivity index (χ0n) is 35.8. The quantitative estimate of drug-likeness (QED) is 0.124. The molecule has 0 saturated heterocycles. The number of carbonyl (C=O) groups is 1. The molecular formula is C48H63NO6. The fraction of sp³-hybridized carbons (Fsp3) is 0.458. The van der Waals surface area contributed by atoms with Crippen molar-refractivity contribution in [3.05, 3.63) is 123 Å². The Morgan fingerprint density at radius 2 is 1.07 bits per heavy atom. The molecule has 2 N–H and O–H groups in total. The van der Waals surface area contributed by atoms with Gasteiger partial charge >= 0.3 is 5.97 Å². The van der Waals surface area contributed by atoms with Crippen molar-refractivity contribution in [2.45, 2.75) is 123 Å². The zero-order valence-corrected chi connectivity index (χ0v) is 35.8. The number of esters is 1. The Kier molecular flexibility index (Phi) is 12.4. The van der Waals surface area contributed by atoms with Gasteiger partial charge in [-0.25, -0.2) is 4.79 Å². The summed E-state index contributed by atoms with van der Waals surface area (Å²) in [5, 5.41) is 25.2. The summed E-state index contributed by atoms with van der Waals surface area (Å²) in [4.78, 5) is 17.7. The van der Waals surface area contributed by atoms with E-state index in [1.54, 1.807) is 26.5 Å². The van der Waals surface area contributed by atoms with Crippen LogP contribution >= 0.6 is 0 Å². The van der Waals surface area contributed by atoms with Gasteiger partial charge in [-0.05, 0) is 87.2 Å². The molecule has 0 aliphatic heterocycles. The number of rotatable bonds is 10. The highest BCUT2D eigenvalue weighted by atomic mass is 16.5. The fourth-order valence-electron chi connectivity index (χ4n) is 7.14. The lowest BCUT2D eigenvalue weighted by atomic mass is 9.70. The maximum atomic E-state index is 14.2. The van der Waals surface area contributed by atoms with Crippen molar-refractivity contribution >= 4 is 12.2 Å². The van der Waals surface area contributed by atoms with E-state index in [2.05, 4.69) is 107 Å².